The van der Waals surface area contributed by atoms with Crippen LogP contribution in [0.25, 0.3) is 0 Å². The van der Waals surface area contributed by atoms with E-state index in [1.165, 1.54) is 5.69 Å². The predicted molar refractivity (Wildman–Crippen MR) is 98.5 cm³/mol. The highest BCUT2D eigenvalue weighted by Gasteiger charge is 2.30. The van der Waals surface area contributed by atoms with E-state index in [1.54, 1.807) is 6.92 Å². The van der Waals surface area contributed by atoms with Crippen molar-refractivity contribution >= 4 is 17.5 Å². The number of hydrogen-bond acceptors (Lipinski definition) is 4. The van der Waals surface area contributed by atoms with Crippen LogP contribution >= 0.6 is 0 Å². The molecule has 25 heavy (non-hydrogen) atoms. The molecule has 0 bridgehead atoms. The number of para-hydroxylation sites is 1. The molecule has 1 aromatic carbocycles. The van der Waals surface area contributed by atoms with Gasteiger partial charge in [-0.05, 0) is 19.1 Å². The molecule has 2 heterocycles. The molecular weight excluding hydrogens is 316 g/mol. The molecule has 0 radical (unpaired) electrons. The minimum atomic E-state index is -0.114. The minimum Gasteiger partial charge on any atom is -0.368 e. The fraction of sp³-hybridized carbons (Fsp3) is 0.579. The Hall–Kier alpha value is -2.08. The van der Waals surface area contributed by atoms with E-state index in [2.05, 4.69) is 34.1 Å². The Balaban J connectivity index is 1.50. The van der Waals surface area contributed by atoms with Gasteiger partial charge >= 0.3 is 0 Å². The van der Waals surface area contributed by atoms with Gasteiger partial charge in [0.2, 0.25) is 11.8 Å². The Labute approximate surface area is 150 Å². The highest BCUT2D eigenvalue weighted by atomic mass is 16.2. The van der Waals surface area contributed by atoms with Crippen molar-refractivity contribution in [1.82, 2.24) is 14.7 Å². The second kappa shape index (κ2) is 7.87. The zero-order valence-corrected chi connectivity index (χ0v) is 15.2. The summed E-state index contributed by atoms with van der Waals surface area (Å²) in [4.78, 5) is 32.6. The molecule has 1 unspecified atom stereocenters. The molecule has 6 heteroatoms. The SMILES string of the molecule is CC(=O)N1CCN(C(C)C(=O)N2CCN(c3ccccc3)CC2)CC1. The van der Waals surface area contributed by atoms with E-state index in [1.807, 2.05) is 22.8 Å². The van der Waals surface area contributed by atoms with Crippen LogP contribution in [0.4, 0.5) is 5.69 Å². The third-order valence-electron chi connectivity index (χ3n) is 5.38. The van der Waals surface area contributed by atoms with E-state index >= 15 is 0 Å². The van der Waals surface area contributed by atoms with Crippen molar-refractivity contribution in [1.29, 1.82) is 0 Å². The van der Waals surface area contributed by atoms with Gasteiger partial charge in [0.25, 0.3) is 0 Å². The van der Waals surface area contributed by atoms with Gasteiger partial charge in [-0.1, -0.05) is 18.2 Å². The first-order valence-electron chi connectivity index (χ1n) is 9.14. The molecule has 2 amide bonds. The van der Waals surface area contributed by atoms with Crippen LogP contribution in [0.15, 0.2) is 30.3 Å². The summed E-state index contributed by atoms with van der Waals surface area (Å²) >= 11 is 0. The summed E-state index contributed by atoms with van der Waals surface area (Å²) in [6.07, 6.45) is 0. The third kappa shape index (κ3) is 4.12. The summed E-state index contributed by atoms with van der Waals surface area (Å²) in [7, 11) is 0. The number of amides is 2. The molecule has 0 saturated carbocycles. The fourth-order valence-electron chi connectivity index (χ4n) is 3.67. The Morgan fingerprint density at radius 1 is 0.840 bits per heavy atom. The second-order valence-corrected chi connectivity index (χ2v) is 6.87. The van der Waals surface area contributed by atoms with Crippen LogP contribution in [0, 0.1) is 0 Å². The topological polar surface area (TPSA) is 47.1 Å². The third-order valence-corrected chi connectivity index (χ3v) is 5.38. The maximum Gasteiger partial charge on any atom is 0.239 e. The Kier molecular flexibility index (Phi) is 5.58. The number of anilines is 1. The maximum absolute atomic E-state index is 12.8. The van der Waals surface area contributed by atoms with Crippen molar-refractivity contribution < 1.29 is 9.59 Å². The lowest BCUT2D eigenvalue weighted by molar-refractivity contribution is -0.138. The molecule has 2 aliphatic heterocycles. The smallest absolute Gasteiger partial charge is 0.239 e. The number of nitrogens with zero attached hydrogens (tertiary/aromatic N) is 4. The Morgan fingerprint density at radius 2 is 1.40 bits per heavy atom. The zero-order valence-electron chi connectivity index (χ0n) is 15.2. The average molecular weight is 344 g/mol. The molecular formula is C19H28N4O2. The first-order valence-corrected chi connectivity index (χ1v) is 9.14. The molecule has 0 spiro atoms. The second-order valence-electron chi connectivity index (χ2n) is 6.87. The van der Waals surface area contributed by atoms with E-state index in [9.17, 15) is 9.59 Å². The molecule has 136 valence electrons. The molecule has 6 nitrogen and oxygen atoms in total. The molecule has 2 aliphatic rings. The van der Waals surface area contributed by atoms with Gasteiger partial charge in [-0.15, -0.1) is 0 Å². The van der Waals surface area contributed by atoms with Crippen molar-refractivity contribution in [2.45, 2.75) is 19.9 Å². The van der Waals surface area contributed by atoms with Crippen molar-refractivity contribution in [3.8, 4) is 0 Å². The number of carbonyl (C=O) groups excluding carboxylic acids is 2. The quantitative estimate of drug-likeness (QED) is 0.817. The van der Waals surface area contributed by atoms with Crippen LogP contribution in [-0.4, -0.2) is 84.9 Å². The summed E-state index contributed by atoms with van der Waals surface area (Å²) in [6.45, 7) is 9.88. The molecule has 0 N–H and O–H groups in total. The van der Waals surface area contributed by atoms with E-state index in [-0.39, 0.29) is 17.9 Å². The fourth-order valence-corrected chi connectivity index (χ4v) is 3.67. The number of piperazine rings is 2. The molecule has 2 saturated heterocycles. The standard InChI is InChI=1S/C19H28N4O2/c1-16(20-8-10-21(11-9-20)17(2)24)19(25)23-14-12-22(13-15-23)18-6-4-3-5-7-18/h3-7,16H,8-15H2,1-2H3. The van der Waals surface area contributed by atoms with E-state index in [0.717, 1.165) is 52.4 Å². The molecule has 0 aromatic heterocycles. The van der Waals surface area contributed by atoms with Gasteiger partial charge in [-0.3, -0.25) is 14.5 Å². The lowest BCUT2D eigenvalue weighted by Gasteiger charge is -2.41. The lowest BCUT2D eigenvalue weighted by Crippen LogP contribution is -2.57. The van der Waals surface area contributed by atoms with Crippen LogP contribution in [0.3, 0.4) is 0 Å². The maximum atomic E-state index is 12.8. The average Bonchev–Trinajstić information content (AvgIpc) is 2.67. The summed E-state index contributed by atoms with van der Waals surface area (Å²) in [6, 6.07) is 10.3. The van der Waals surface area contributed by atoms with Gasteiger partial charge < -0.3 is 14.7 Å². The van der Waals surface area contributed by atoms with E-state index in [0.29, 0.717) is 0 Å². The predicted octanol–water partition coefficient (Wildman–Crippen LogP) is 0.888. The first-order chi connectivity index (χ1) is 12.1. The Morgan fingerprint density at radius 3 is 1.96 bits per heavy atom. The molecule has 3 rings (SSSR count). The number of benzene rings is 1. The van der Waals surface area contributed by atoms with Crippen LogP contribution in [0.2, 0.25) is 0 Å². The monoisotopic (exact) mass is 344 g/mol. The van der Waals surface area contributed by atoms with Crippen molar-refractivity contribution in [2.24, 2.45) is 0 Å². The minimum absolute atomic E-state index is 0.114. The molecule has 0 aliphatic carbocycles. The van der Waals surface area contributed by atoms with Crippen LogP contribution in [0.5, 0.6) is 0 Å². The normalized spacial score (nSPS) is 20.5. The molecule has 2 fully saturated rings. The summed E-state index contributed by atoms with van der Waals surface area (Å²) in [5, 5.41) is 0. The van der Waals surface area contributed by atoms with Gasteiger partial charge in [0.15, 0.2) is 0 Å². The molecule has 1 aromatic rings. The number of rotatable bonds is 3. The van der Waals surface area contributed by atoms with Crippen molar-refractivity contribution in [3.05, 3.63) is 30.3 Å². The van der Waals surface area contributed by atoms with E-state index in [4.69, 9.17) is 0 Å². The first kappa shape index (κ1) is 17.7. The highest BCUT2D eigenvalue weighted by Crippen LogP contribution is 2.17. The van der Waals surface area contributed by atoms with Crippen LogP contribution in [-0.2, 0) is 9.59 Å². The lowest BCUT2D eigenvalue weighted by atomic mass is 10.1. The molecule has 1 atom stereocenters. The zero-order chi connectivity index (χ0) is 17.8. The van der Waals surface area contributed by atoms with Crippen molar-refractivity contribution in [2.75, 3.05) is 57.3 Å². The van der Waals surface area contributed by atoms with Gasteiger partial charge in [0.05, 0.1) is 6.04 Å². The number of carbonyl (C=O) groups is 2. The van der Waals surface area contributed by atoms with Gasteiger partial charge in [0.1, 0.15) is 0 Å². The van der Waals surface area contributed by atoms with Crippen LogP contribution in [0.1, 0.15) is 13.8 Å². The number of hydrogen-bond donors (Lipinski definition) is 0. The summed E-state index contributed by atoms with van der Waals surface area (Å²) in [5.74, 6) is 0.333. The van der Waals surface area contributed by atoms with Crippen LogP contribution < -0.4 is 4.90 Å². The summed E-state index contributed by atoms with van der Waals surface area (Å²) in [5.41, 5.74) is 1.23. The van der Waals surface area contributed by atoms with E-state index < -0.39 is 0 Å². The van der Waals surface area contributed by atoms with Crippen molar-refractivity contribution in [3.63, 3.8) is 0 Å². The largest absolute Gasteiger partial charge is 0.368 e. The van der Waals surface area contributed by atoms with Gasteiger partial charge in [-0.25, -0.2) is 0 Å². The summed E-state index contributed by atoms with van der Waals surface area (Å²) < 4.78 is 0. The van der Waals surface area contributed by atoms with Gasteiger partial charge in [0, 0.05) is 65.0 Å². The Bertz CT molecular complexity index is 591. The highest BCUT2D eigenvalue weighted by molar-refractivity contribution is 5.82. The van der Waals surface area contributed by atoms with Gasteiger partial charge in [-0.2, -0.15) is 0 Å².